The van der Waals surface area contributed by atoms with Gasteiger partial charge in [-0.2, -0.15) is 0 Å². The summed E-state index contributed by atoms with van der Waals surface area (Å²) in [6, 6.07) is 0. The van der Waals surface area contributed by atoms with Crippen molar-refractivity contribution in [2.45, 2.75) is 39.2 Å². The lowest BCUT2D eigenvalue weighted by Gasteiger charge is -2.24. The second-order valence-electron chi connectivity index (χ2n) is 4.97. The molecular formula is C12H25NO2. The largest absolute Gasteiger partial charge is 0.381 e. The molecule has 90 valence electrons. The molecule has 0 aliphatic carbocycles. The summed E-state index contributed by atoms with van der Waals surface area (Å²) in [5, 5.41) is 3.48. The van der Waals surface area contributed by atoms with Crippen LogP contribution in [0.1, 0.15) is 33.6 Å². The molecule has 0 aromatic carbocycles. The number of hydrogen-bond acceptors (Lipinski definition) is 3. The summed E-state index contributed by atoms with van der Waals surface area (Å²) in [7, 11) is 0. The maximum absolute atomic E-state index is 5.61. The zero-order chi connectivity index (χ0) is 11.1. The first-order valence-corrected chi connectivity index (χ1v) is 6.04. The number of rotatable bonds is 7. The van der Waals surface area contributed by atoms with Crippen LogP contribution >= 0.6 is 0 Å². The quantitative estimate of drug-likeness (QED) is 0.657. The third-order valence-corrected chi connectivity index (χ3v) is 3.11. The van der Waals surface area contributed by atoms with Crippen LogP contribution in [0.3, 0.4) is 0 Å². The maximum Gasteiger partial charge on any atom is 0.0591 e. The molecule has 0 aromatic heterocycles. The van der Waals surface area contributed by atoms with E-state index in [2.05, 4.69) is 26.1 Å². The molecule has 0 bridgehead atoms. The molecule has 0 spiro atoms. The molecule has 1 aliphatic heterocycles. The predicted molar refractivity (Wildman–Crippen MR) is 62.1 cm³/mol. The van der Waals surface area contributed by atoms with Crippen LogP contribution in [0, 0.1) is 5.92 Å². The minimum absolute atomic E-state index is 0.236. The van der Waals surface area contributed by atoms with Gasteiger partial charge >= 0.3 is 0 Å². The standard InChI is InChI=1S/C12H25NO2/c1-4-12(2,3)13-6-8-15-10-11-5-7-14-9-11/h11,13H,4-10H2,1-3H3. The van der Waals surface area contributed by atoms with Gasteiger partial charge in [0.15, 0.2) is 0 Å². The fourth-order valence-electron chi connectivity index (χ4n) is 1.55. The fraction of sp³-hybridized carbons (Fsp3) is 1.00. The predicted octanol–water partition coefficient (Wildman–Crippen LogP) is 1.82. The van der Waals surface area contributed by atoms with Crippen molar-refractivity contribution in [3.63, 3.8) is 0 Å². The molecule has 0 amide bonds. The second kappa shape index (κ2) is 6.46. The van der Waals surface area contributed by atoms with E-state index in [1.54, 1.807) is 0 Å². The first kappa shape index (κ1) is 12.9. The van der Waals surface area contributed by atoms with Gasteiger partial charge in [0.2, 0.25) is 0 Å². The van der Waals surface area contributed by atoms with Gasteiger partial charge in [0.25, 0.3) is 0 Å². The summed E-state index contributed by atoms with van der Waals surface area (Å²) in [5.41, 5.74) is 0.236. The summed E-state index contributed by atoms with van der Waals surface area (Å²) in [6.07, 6.45) is 2.30. The molecule has 3 heteroatoms. The first-order chi connectivity index (χ1) is 7.14. The van der Waals surface area contributed by atoms with Crippen LogP contribution in [-0.4, -0.2) is 38.5 Å². The molecule has 15 heavy (non-hydrogen) atoms. The molecule has 1 heterocycles. The lowest BCUT2D eigenvalue weighted by atomic mass is 10.0. The zero-order valence-electron chi connectivity index (χ0n) is 10.3. The Kier molecular flexibility index (Phi) is 5.58. The van der Waals surface area contributed by atoms with Crippen LogP contribution in [0.25, 0.3) is 0 Å². The van der Waals surface area contributed by atoms with Crippen molar-refractivity contribution in [1.82, 2.24) is 5.32 Å². The maximum atomic E-state index is 5.61. The van der Waals surface area contributed by atoms with E-state index >= 15 is 0 Å². The smallest absolute Gasteiger partial charge is 0.0591 e. The van der Waals surface area contributed by atoms with E-state index in [0.717, 1.165) is 45.8 Å². The van der Waals surface area contributed by atoms with Crippen molar-refractivity contribution in [2.24, 2.45) is 5.92 Å². The van der Waals surface area contributed by atoms with Gasteiger partial charge in [0.05, 0.1) is 19.8 Å². The molecule has 1 rings (SSSR count). The Labute approximate surface area is 93.5 Å². The molecule has 0 radical (unpaired) electrons. The SMILES string of the molecule is CCC(C)(C)NCCOCC1CCOC1. The zero-order valence-corrected chi connectivity index (χ0v) is 10.3. The average molecular weight is 215 g/mol. The molecular weight excluding hydrogens is 190 g/mol. The van der Waals surface area contributed by atoms with Gasteiger partial charge in [-0.05, 0) is 26.7 Å². The molecule has 1 aliphatic rings. The van der Waals surface area contributed by atoms with Crippen molar-refractivity contribution in [1.29, 1.82) is 0 Å². The van der Waals surface area contributed by atoms with Gasteiger partial charge in [-0.25, -0.2) is 0 Å². The average Bonchev–Trinajstić information content (AvgIpc) is 2.70. The Morgan fingerprint density at radius 3 is 2.87 bits per heavy atom. The highest BCUT2D eigenvalue weighted by Crippen LogP contribution is 2.12. The molecule has 0 saturated carbocycles. The highest BCUT2D eigenvalue weighted by Gasteiger charge is 2.16. The molecule has 0 aromatic rings. The van der Waals surface area contributed by atoms with Crippen LogP contribution in [0.15, 0.2) is 0 Å². The Balaban J connectivity index is 1.92. The van der Waals surface area contributed by atoms with E-state index in [-0.39, 0.29) is 5.54 Å². The van der Waals surface area contributed by atoms with Gasteiger partial charge in [-0.1, -0.05) is 6.92 Å². The number of ether oxygens (including phenoxy) is 2. The molecule has 1 atom stereocenters. The van der Waals surface area contributed by atoms with E-state index in [1.807, 2.05) is 0 Å². The summed E-state index contributed by atoms with van der Waals surface area (Å²) in [4.78, 5) is 0. The van der Waals surface area contributed by atoms with Crippen molar-refractivity contribution in [3.05, 3.63) is 0 Å². The van der Waals surface area contributed by atoms with Gasteiger partial charge in [-0.15, -0.1) is 0 Å². The lowest BCUT2D eigenvalue weighted by molar-refractivity contribution is 0.0878. The Bertz CT molecular complexity index is 165. The minimum atomic E-state index is 0.236. The van der Waals surface area contributed by atoms with Crippen molar-refractivity contribution in [3.8, 4) is 0 Å². The van der Waals surface area contributed by atoms with Crippen molar-refractivity contribution < 1.29 is 9.47 Å². The second-order valence-corrected chi connectivity index (χ2v) is 4.97. The summed E-state index contributed by atoms with van der Waals surface area (Å²) in [6.45, 7) is 11.0. The topological polar surface area (TPSA) is 30.5 Å². The molecule has 1 unspecified atom stereocenters. The molecule has 3 nitrogen and oxygen atoms in total. The van der Waals surface area contributed by atoms with Crippen molar-refractivity contribution >= 4 is 0 Å². The third kappa shape index (κ3) is 5.50. The first-order valence-electron chi connectivity index (χ1n) is 6.04. The van der Waals surface area contributed by atoms with Gasteiger partial charge in [-0.3, -0.25) is 0 Å². The summed E-state index contributed by atoms with van der Waals surface area (Å²) < 4.78 is 10.9. The van der Waals surface area contributed by atoms with E-state index in [9.17, 15) is 0 Å². The fourth-order valence-corrected chi connectivity index (χ4v) is 1.55. The summed E-state index contributed by atoms with van der Waals surface area (Å²) in [5.74, 6) is 0.629. The third-order valence-electron chi connectivity index (χ3n) is 3.11. The number of nitrogens with one attached hydrogen (secondary N) is 1. The van der Waals surface area contributed by atoms with Crippen LogP contribution in [0.5, 0.6) is 0 Å². The number of hydrogen-bond donors (Lipinski definition) is 1. The van der Waals surface area contributed by atoms with Crippen LogP contribution < -0.4 is 5.32 Å². The minimum Gasteiger partial charge on any atom is -0.381 e. The van der Waals surface area contributed by atoms with E-state index in [0.29, 0.717) is 5.92 Å². The van der Waals surface area contributed by atoms with Crippen LogP contribution in [0.4, 0.5) is 0 Å². The van der Waals surface area contributed by atoms with E-state index < -0.39 is 0 Å². The summed E-state index contributed by atoms with van der Waals surface area (Å²) >= 11 is 0. The Hall–Kier alpha value is -0.120. The van der Waals surface area contributed by atoms with Gasteiger partial charge in [0, 0.05) is 24.6 Å². The lowest BCUT2D eigenvalue weighted by Crippen LogP contribution is -2.40. The molecule has 1 N–H and O–H groups in total. The van der Waals surface area contributed by atoms with Crippen LogP contribution in [-0.2, 0) is 9.47 Å². The Morgan fingerprint density at radius 1 is 1.47 bits per heavy atom. The Morgan fingerprint density at radius 2 is 2.27 bits per heavy atom. The molecule has 1 saturated heterocycles. The highest BCUT2D eigenvalue weighted by atomic mass is 16.5. The van der Waals surface area contributed by atoms with Gasteiger partial charge in [0.1, 0.15) is 0 Å². The van der Waals surface area contributed by atoms with E-state index in [1.165, 1.54) is 0 Å². The highest BCUT2D eigenvalue weighted by molar-refractivity contribution is 4.74. The van der Waals surface area contributed by atoms with E-state index in [4.69, 9.17) is 9.47 Å². The monoisotopic (exact) mass is 215 g/mol. The van der Waals surface area contributed by atoms with Crippen molar-refractivity contribution in [2.75, 3.05) is 33.0 Å². The normalized spacial score (nSPS) is 22.2. The van der Waals surface area contributed by atoms with Crippen LogP contribution in [0.2, 0.25) is 0 Å². The molecule has 1 fully saturated rings. The van der Waals surface area contributed by atoms with Gasteiger partial charge < -0.3 is 14.8 Å².